The van der Waals surface area contributed by atoms with E-state index in [0.717, 1.165) is 6.42 Å². The van der Waals surface area contributed by atoms with Crippen LogP contribution in [0.3, 0.4) is 0 Å². The summed E-state index contributed by atoms with van der Waals surface area (Å²) in [5.74, 6) is 0.571. The fraction of sp³-hybridized carbons (Fsp3) is 0.889. The maximum absolute atomic E-state index is 4.77. The maximum atomic E-state index is 4.77. The topological polar surface area (TPSA) is 0 Å². The van der Waals surface area contributed by atoms with Crippen LogP contribution in [0.4, 0.5) is 0 Å². The molecule has 0 aliphatic carbocycles. The van der Waals surface area contributed by atoms with Gasteiger partial charge in [0.2, 0.25) is 0 Å². The highest BCUT2D eigenvalue weighted by Gasteiger charge is 2.00. The van der Waals surface area contributed by atoms with E-state index in [1.807, 2.05) is 0 Å². The van der Waals surface area contributed by atoms with Crippen molar-refractivity contribution < 1.29 is 0 Å². The summed E-state index contributed by atoms with van der Waals surface area (Å²) < 4.78 is 0. The molecule has 1 unspecified atom stereocenters. The zero-order valence-corrected chi connectivity index (χ0v) is 7.84. The van der Waals surface area contributed by atoms with E-state index in [0.29, 0.717) is 5.92 Å². The summed E-state index contributed by atoms with van der Waals surface area (Å²) in [5, 5.41) is 2.89. The molecule has 0 N–H and O–H groups in total. The van der Waals surface area contributed by atoms with Crippen LogP contribution in [-0.2, 0) is 0 Å². The highest BCUT2D eigenvalue weighted by molar-refractivity contribution is 7.79. The van der Waals surface area contributed by atoms with Gasteiger partial charge in [0, 0.05) is 5.37 Å². The minimum Gasteiger partial charge on any atom is -0.0834 e. The first-order valence-electron chi connectivity index (χ1n) is 4.22. The van der Waals surface area contributed by atoms with Crippen molar-refractivity contribution in [3.63, 3.8) is 0 Å². The summed E-state index contributed by atoms with van der Waals surface area (Å²) in [6.45, 7) is 4.40. The molecule has 0 heterocycles. The van der Waals surface area contributed by atoms with Gasteiger partial charge in [-0.2, -0.15) is 0 Å². The molecule has 0 spiro atoms. The van der Waals surface area contributed by atoms with Crippen molar-refractivity contribution in [3.8, 4) is 0 Å². The molecule has 0 nitrogen and oxygen atoms in total. The molecule has 0 saturated heterocycles. The van der Waals surface area contributed by atoms with Crippen molar-refractivity contribution in [3.05, 3.63) is 0 Å². The van der Waals surface area contributed by atoms with Gasteiger partial charge in [-0.05, 0) is 18.8 Å². The van der Waals surface area contributed by atoms with Crippen molar-refractivity contribution in [2.24, 2.45) is 5.92 Å². The summed E-state index contributed by atoms with van der Waals surface area (Å²) in [6.07, 6.45) is 6.36. The zero-order chi connectivity index (χ0) is 7.82. The van der Waals surface area contributed by atoms with Gasteiger partial charge in [-0.15, -0.1) is 0 Å². The highest BCUT2D eigenvalue weighted by atomic mass is 32.1. The van der Waals surface area contributed by atoms with Gasteiger partial charge in [0.05, 0.1) is 0 Å². The molecule has 0 aliphatic rings. The lowest BCUT2D eigenvalue weighted by Gasteiger charge is -2.05. The Bertz CT molecular complexity index is 78.8. The van der Waals surface area contributed by atoms with E-state index < -0.39 is 0 Å². The molecule has 0 bridgehead atoms. The predicted octanol–water partition coefficient (Wildman–Crippen LogP) is 3.47. The fourth-order valence-electron chi connectivity index (χ4n) is 0.987. The predicted molar refractivity (Wildman–Crippen MR) is 50.5 cm³/mol. The van der Waals surface area contributed by atoms with Crippen LogP contribution in [0.1, 0.15) is 46.0 Å². The molecule has 0 aliphatic heterocycles. The third-order valence-electron chi connectivity index (χ3n) is 1.82. The van der Waals surface area contributed by atoms with E-state index in [9.17, 15) is 0 Å². The quantitative estimate of drug-likeness (QED) is 0.420. The van der Waals surface area contributed by atoms with Gasteiger partial charge in [0.1, 0.15) is 0 Å². The van der Waals surface area contributed by atoms with Crippen molar-refractivity contribution in [2.45, 2.75) is 46.0 Å². The molecular weight excluding hydrogens is 140 g/mol. The van der Waals surface area contributed by atoms with Crippen molar-refractivity contribution in [2.75, 3.05) is 0 Å². The van der Waals surface area contributed by atoms with Crippen LogP contribution in [0.5, 0.6) is 0 Å². The first kappa shape index (κ1) is 10.1. The summed E-state index contributed by atoms with van der Waals surface area (Å²) in [7, 11) is 0. The van der Waals surface area contributed by atoms with Gasteiger partial charge in [-0.1, -0.05) is 45.3 Å². The lowest BCUT2D eigenvalue weighted by molar-refractivity contribution is 0.562. The average molecular weight is 157 g/mol. The molecule has 1 radical (unpaired) electrons. The maximum Gasteiger partial charge on any atom is 0.0325 e. The van der Waals surface area contributed by atoms with Gasteiger partial charge in [0.15, 0.2) is 0 Å². The third-order valence-corrected chi connectivity index (χ3v) is 2.15. The summed E-state index contributed by atoms with van der Waals surface area (Å²) in [6, 6.07) is 0. The van der Waals surface area contributed by atoms with Gasteiger partial charge in [-0.3, -0.25) is 0 Å². The highest BCUT2D eigenvalue weighted by Crippen LogP contribution is 2.10. The smallest absolute Gasteiger partial charge is 0.0325 e. The first-order chi connectivity index (χ1) is 4.85. The van der Waals surface area contributed by atoms with E-state index in [1.54, 1.807) is 0 Å². The molecule has 0 aromatic rings. The van der Waals surface area contributed by atoms with Gasteiger partial charge in [-0.25, -0.2) is 0 Å². The van der Waals surface area contributed by atoms with E-state index in [4.69, 9.17) is 12.2 Å². The van der Waals surface area contributed by atoms with Crippen LogP contribution in [-0.4, -0.2) is 5.37 Å². The molecule has 0 rings (SSSR count). The van der Waals surface area contributed by atoms with Gasteiger partial charge in [0.25, 0.3) is 0 Å². The molecule has 1 heteroatoms. The van der Waals surface area contributed by atoms with E-state index in [1.165, 1.54) is 25.7 Å². The molecule has 0 saturated carbocycles. The molecule has 59 valence electrons. The minimum absolute atomic E-state index is 0.571. The molecule has 0 aromatic carbocycles. The Balaban J connectivity index is 3.17. The van der Waals surface area contributed by atoms with Crippen LogP contribution >= 0.6 is 12.2 Å². The van der Waals surface area contributed by atoms with Crippen molar-refractivity contribution in [1.82, 2.24) is 0 Å². The summed E-state index contributed by atoms with van der Waals surface area (Å²) >= 11 is 4.77. The fourth-order valence-corrected chi connectivity index (χ4v) is 1.27. The number of hydrogen-bond acceptors (Lipinski definition) is 1. The Morgan fingerprint density at radius 2 is 2.00 bits per heavy atom. The Hall–Kier alpha value is 0.0900. The van der Waals surface area contributed by atoms with E-state index >= 15 is 0 Å². The second-order valence-electron chi connectivity index (χ2n) is 2.72. The Labute approximate surface area is 70.0 Å². The summed E-state index contributed by atoms with van der Waals surface area (Å²) in [5.41, 5.74) is 0. The van der Waals surface area contributed by atoms with Crippen molar-refractivity contribution in [1.29, 1.82) is 0 Å². The first-order valence-corrected chi connectivity index (χ1v) is 4.63. The Morgan fingerprint density at radius 3 is 2.40 bits per heavy atom. The second kappa shape index (κ2) is 7.20. The normalized spacial score (nSPS) is 13.0. The average Bonchev–Trinajstić information content (AvgIpc) is 1.99. The monoisotopic (exact) mass is 157 g/mol. The minimum atomic E-state index is 0.571. The van der Waals surface area contributed by atoms with Crippen LogP contribution < -0.4 is 0 Å². The molecule has 0 fully saturated rings. The third kappa shape index (κ3) is 4.92. The molecular formula is C9H17S. The van der Waals surface area contributed by atoms with Crippen LogP contribution in [0, 0.1) is 5.92 Å². The second-order valence-corrected chi connectivity index (χ2v) is 2.95. The van der Waals surface area contributed by atoms with Crippen molar-refractivity contribution >= 4 is 17.6 Å². The Morgan fingerprint density at radius 1 is 1.30 bits per heavy atom. The van der Waals surface area contributed by atoms with Gasteiger partial charge < -0.3 is 0 Å². The van der Waals surface area contributed by atoms with E-state index in [2.05, 4.69) is 19.2 Å². The molecule has 10 heavy (non-hydrogen) atoms. The van der Waals surface area contributed by atoms with E-state index in [-0.39, 0.29) is 0 Å². The van der Waals surface area contributed by atoms with Crippen LogP contribution in [0.2, 0.25) is 0 Å². The SMILES string of the molecule is CCCCCC([C]=S)CC. The lowest BCUT2D eigenvalue weighted by atomic mass is 10.0. The van der Waals surface area contributed by atoms with Gasteiger partial charge >= 0.3 is 0 Å². The standard InChI is InChI=1S/C9H17S/c1-3-5-6-7-9(4-2)8-10/h9H,3-7H2,1-2H3. The molecule has 0 aromatic heterocycles. The van der Waals surface area contributed by atoms with Crippen LogP contribution in [0.15, 0.2) is 0 Å². The number of hydrogen-bond donors (Lipinski definition) is 0. The zero-order valence-electron chi connectivity index (χ0n) is 7.02. The number of thiocarbonyl (C=S) groups is 1. The number of rotatable bonds is 6. The Kier molecular flexibility index (Phi) is 7.26. The molecule has 0 amide bonds. The lowest BCUT2D eigenvalue weighted by Crippen LogP contribution is -1.97. The van der Waals surface area contributed by atoms with Crippen LogP contribution in [0.25, 0.3) is 0 Å². The number of unbranched alkanes of at least 4 members (excludes halogenated alkanes) is 2. The largest absolute Gasteiger partial charge is 0.0834 e. The molecule has 1 atom stereocenters. The summed E-state index contributed by atoms with van der Waals surface area (Å²) in [4.78, 5) is 0.